The molecule has 0 bridgehead atoms. The lowest BCUT2D eigenvalue weighted by molar-refractivity contribution is -0.0251. The van der Waals surface area contributed by atoms with Crippen molar-refractivity contribution < 1.29 is 4.74 Å². The van der Waals surface area contributed by atoms with Gasteiger partial charge in [0.2, 0.25) is 0 Å². The average molecular weight is 160 g/mol. The van der Waals surface area contributed by atoms with Crippen molar-refractivity contribution >= 4 is 11.8 Å². The Morgan fingerprint density at radius 3 is 2.80 bits per heavy atom. The van der Waals surface area contributed by atoms with Gasteiger partial charge in [-0.25, -0.2) is 0 Å². The van der Waals surface area contributed by atoms with Gasteiger partial charge in [-0.05, 0) is 32.4 Å². The first-order valence-electron chi connectivity index (χ1n) is 3.98. The zero-order chi connectivity index (χ0) is 7.61. The van der Waals surface area contributed by atoms with E-state index in [0.717, 1.165) is 6.42 Å². The van der Waals surface area contributed by atoms with Crippen LogP contribution in [0.5, 0.6) is 0 Å². The Labute approximate surface area is 67.5 Å². The van der Waals surface area contributed by atoms with Crippen LogP contribution in [-0.4, -0.2) is 16.8 Å². The van der Waals surface area contributed by atoms with E-state index < -0.39 is 0 Å². The third kappa shape index (κ3) is 1.89. The molecule has 1 saturated heterocycles. The highest BCUT2D eigenvalue weighted by molar-refractivity contribution is 8.00. The molecular weight excluding hydrogens is 144 g/mol. The van der Waals surface area contributed by atoms with Gasteiger partial charge in [-0.15, -0.1) is 11.8 Å². The van der Waals surface area contributed by atoms with Crippen LogP contribution in [0.1, 0.15) is 33.6 Å². The molecule has 0 aliphatic carbocycles. The SMILES string of the molecule is CC[C@]1(C)O[C@@H](C)CCS1. The molecule has 1 aliphatic rings. The Bertz CT molecular complexity index is 116. The van der Waals surface area contributed by atoms with Gasteiger partial charge in [0.25, 0.3) is 0 Å². The van der Waals surface area contributed by atoms with E-state index in [4.69, 9.17) is 4.74 Å². The van der Waals surface area contributed by atoms with Crippen molar-refractivity contribution in [3.63, 3.8) is 0 Å². The van der Waals surface area contributed by atoms with Gasteiger partial charge in [0.15, 0.2) is 0 Å². The second kappa shape index (κ2) is 3.14. The highest BCUT2D eigenvalue weighted by atomic mass is 32.2. The molecule has 0 aromatic heterocycles. The van der Waals surface area contributed by atoms with Crippen LogP contribution >= 0.6 is 11.8 Å². The first kappa shape index (κ1) is 8.41. The monoisotopic (exact) mass is 160 g/mol. The summed E-state index contributed by atoms with van der Waals surface area (Å²) < 4.78 is 5.79. The van der Waals surface area contributed by atoms with Crippen LogP contribution < -0.4 is 0 Å². The van der Waals surface area contributed by atoms with E-state index in [-0.39, 0.29) is 4.93 Å². The van der Waals surface area contributed by atoms with Gasteiger partial charge in [-0.3, -0.25) is 0 Å². The first-order valence-corrected chi connectivity index (χ1v) is 4.96. The summed E-state index contributed by atoms with van der Waals surface area (Å²) in [6.45, 7) is 6.53. The lowest BCUT2D eigenvalue weighted by Crippen LogP contribution is -2.33. The zero-order valence-electron chi connectivity index (χ0n) is 7.02. The summed E-state index contributed by atoms with van der Waals surface area (Å²) in [5, 5.41) is 0. The Kier molecular flexibility index (Phi) is 2.64. The molecule has 60 valence electrons. The lowest BCUT2D eigenvalue weighted by Gasteiger charge is -2.36. The molecule has 0 saturated carbocycles. The van der Waals surface area contributed by atoms with Crippen LogP contribution in [0.15, 0.2) is 0 Å². The molecule has 0 N–H and O–H groups in total. The Morgan fingerprint density at radius 2 is 2.40 bits per heavy atom. The van der Waals surface area contributed by atoms with Gasteiger partial charge in [-0.2, -0.15) is 0 Å². The van der Waals surface area contributed by atoms with Crippen molar-refractivity contribution in [1.29, 1.82) is 0 Å². The fourth-order valence-corrected chi connectivity index (χ4v) is 2.46. The Balaban J connectivity index is 2.45. The van der Waals surface area contributed by atoms with Gasteiger partial charge in [0, 0.05) is 0 Å². The second-order valence-electron chi connectivity index (χ2n) is 3.05. The first-order chi connectivity index (χ1) is 4.66. The average Bonchev–Trinajstić information content (AvgIpc) is 1.88. The maximum absolute atomic E-state index is 5.79. The molecule has 0 aromatic rings. The van der Waals surface area contributed by atoms with Crippen molar-refractivity contribution in [2.24, 2.45) is 0 Å². The van der Waals surface area contributed by atoms with Crippen LogP contribution in [0.3, 0.4) is 0 Å². The van der Waals surface area contributed by atoms with E-state index >= 15 is 0 Å². The maximum Gasteiger partial charge on any atom is 0.111 e. The molecule has 0 aromatic carbocycles. The third-order valence-corrected chi connectivity index (χ3v) is 3.46. The standard InChI is InChI=1S/C8H16OS/c1-4-8(3)9-7(2)5-6-10-8/h7H,4-6H2,1-3H3/t7-,8+/m0/s1. The number of rotatable bonds is 1. The molecule has 0 amide bonds. The molecule has 1 heterocycles. The number of ether oxygens (including phenoxy) is 1. The highest BCUT2D eigenvalue weighted by Gasteiger charge is 2.29. The minimum Gasteiger partial charge on any atom is -0.362 e. The smallest absolute Gasteiger partial charge is 0.111 e. The zero-order valence-corrected chi connectivity index (χ0v) is 7.83. The third-order valence-electron chi connectivity index (χ3n) is 2.02. The maximum atomic E-state index is 5.79. The number of hydrogen-bond acceptors (Lipinski definition) is 2. The largest absolute Gasteiger partial charge is 0.362 e. The Hall–Kier alpha value is 0.310. The van der Waals surface area contributed by atoms with Crippen molar-refractivity contribution in [1.82, 2.24) is 0 Å². The van der Waals surface area contributed by atoms with Gasteiger partial charge < -0.3 is 4.74 Å². The molecule has 0 radical (unpaired) electrons. The molecule has 1 rings (SSSR count). The van der Waals surface area contributed by atoms with E-state index in [0.29, 0.717) is 6.10 Å². The van der Waals surface area contributed by atoms with E-state index in [1.165, 1.54) is 12.2 Å². The summed E-state index contributed by atoms with van der Waals surface area (Å²) in [6.07, 6.45) is 2.79. The van der Waals surface area contributed by atoms with Gasteiger partial charge in [0.05, 0.1) is 6.10 Å². The molecule has 1 nitrogen and oxygen atoms in total. The normalized spacial score (nSPS) is 41.7. The van der Waals surface area contributed by atoms with E-state index in [1.807, 2.05) is 11.8 Å². The van der Waals surface area contributed by atoms with Crippen molar-refractivity contribution in [3.8, 4) is 0 Å². The van der Waals surface area contributed by atoms with Crippen LogP contribution in [0.25, 0.3) is 0 Å². The van der Waals surface area contributed by atoms with Crippen molar-refractivity contribution in [2.45, 2.75) is 44.6 Å². The Morgan fingerprint density at radius 1 is 1.70 bits per heavy atom. The summed E-state index contributed by atoms with van der Waals surface area (Å²) in [5.74, 6) is 1.26. The molecule has 1 aliphatic heterocycles. The molecule has 0 unspecified atom stereocenters. The van der Waals surface area contributed by atoms with Crippen molar-refractivity contribution in [3.05, 3.63) is 0 Å². The van der Waals surface area contributed by atoms with Crippen LogP contribution in [0.2, 0.25) is 0 Å². The quantitative estimate of drug-likeness (QED) is 0.583. The summed E-state index contributed by atoms with van der Waals surface area (Å²) in [7, 11) is 0. The number of thioether (sulfide) groups is 1. The van der Waals surface area contributed by atoms with E-state index in [9.17, 15) is 0 Å². The fourth-order valence-electron chi connectivity index (χ4n) is 1.14. The summed E-state index contributed by atoms with van der Waals surface area (Å²) in [6, 6.07) is 0. The minimum atomic E-state index is 0.109. The molecule has 2 heteroatoms. The highest BCUT2D eigenvalue weighted by Crippen LogP contribution is 2.36. The van der Waals surface area contributed by atoms with Crippen molar-refractivity contribution in [2.75, 3.05) is 5.75 Å². The summed E-state index contributed by atoms with van der Waals surface area (Å²) in [4.78, 5) is 0.109. The molecule has 10 heavy (non-hydrogen) atoms. The second-order valence-corrected chi connectivity index (χ2v) is 4.61. The topological polar surface area (TPSA) is 9.23 Å². The van der Waals surface area contributed by atoms with Gasteiger partial charge >= 0.3 is 0 Å². The summed E-state index contributed by atoms with van der Waals surface area (Å²) in [5.41, 5.74) is 0. The van der Waals surface area contributed by atoms with Crippen LogP contribution in [0.4, 0.5) is 0 Å². The molecule has 0 spiro atoms. The van der Waals surface area contributed by atoms with Gasteiger partial charge in [0.1, 0.15) is 4.93 Å². The van der Waals surface area contributed by atoms with Crippen LogP contribution in [-0.2, 0) is 4.74 Å². The minimum absolute atomic E-state index is 0.109. The fraction of sp³-hybridized carbons (Fsp3) is 1.00. The van der Waals surface area contributed by atoms with Crippen LogP contribution in [0, 0.1) is 0 Å². The van der Waals surface area contributed by atoms with Gasteiger partial charge in [-0.1, -0.05) is 6.92 Å². The predicted octanol–water partition coefficient (Wildman–Crippen LogP) is 2.65. The predicted molar refractivity (Wildman–Crippen MR) is 46.3 cm³/mol. The van der Waals surface area contributed by atoms with E-state index in [1.54, 1.807) is 0 Å². The lowest BCUT2D eigenvalue weighted by atomic mass is 10.2. The molecule has 2 atom stereocenters. The molecular formula is C8H16OS. The number of hydrogen-bond donors (Lipinski definition) is 0. The van der Waals surface area contributed by atoms with E-state index in [2.05, 4.69) is 20.8 Å². The summed E-state index contributed by atoms with van der Waals surface area (Å²) >= 11 is 1.95. The molecule has 1 fully saturated rings.